The number of anilines is 1. The number of benzene rings is 1. The lowest BCUT2D eigenvalue weighted by Gasteiger charge is -2.13. The van der Waals surface area contributed by atoms with E-state index in [1.54, 1.807) is 0 Å². The van der Waals surface area contributed by atoms with E-state index in [1.807, 2.05) is 0 Å². The third-order valence-electron chi connectivity index (χ3n) is 3.18. The van der Waals surface area contributed by atoms with E-state index in [0.29, 0.717) is 0 Å². The molecule has 96 valence electrons. The zero-order valence-corrected chi connectivity index (χ0v) is 9.57. The Bertz CT molecular complexity index is 512. The van der Waals surface area contributed by atoms with Gasteiger partial charge in [0.1, 0.15) is 5.82 Å². The molecule has 0 saturated heterocycles. The van der Waals surface area contributed by atoms with Gasteiger partial charge in [0.05, 0.1) is 11.0 Å². The molecule has 0 heterocycles. The van der Waals surface area contributed by atoms with Crippen LogP contribution in [0.2, 0.25) is 0 Å². The highest BCUT2D eigenvalue weighted by atomic mass is 19.1. The van der Waals surface area contributed by atoms with Crippen LogP contribution in [0.1, 0.15) is 23.2 Å². The van der Waals surface area contributed by atoms with Crippen molar-refractivity contribution in [2.75, 3.05) is 11.9 Å². The van der Waals surface area contributed by atoms with Gasteiger partial charge in [-0.05, 0) is 31.0 Å². The number of carboxylic acid groups (broad SMARTS) is 1. The topological polar surface area (TPSA) is 92.4 Å². The van der Waals surface area contributed by atoms with Crippen LogP contribution < -0.4 is 11.1 Å². The van der Waals surface area contributed by atoms with Gasteiger partial charge in [0.2, 0.25) is 5.91 Å². The predicted molar refractivity (Wildman–Crippen MR) is 62.7 cm³/mol. The number of rotatable bonds is 4. The van der Waals surface area contributed by atoms with Crippen LogP contribution in [0.15, 0.2) is 18.2 Å². The van der Waals surface area contributed by atoms with E-state index in [0.717, 1.165) is 25.0 Å². The van der Waals surface area contributed by atoms with Crippen molar-refractivity contribution in [3.63, 3.8) is 0 Å². The van der Waals surface area contributed by atoms with Gasteiger partial charge in [-0.2, -0.15) is 0 Å². The van der Waals surface area contributed by atoms with Gasteiger partial charge < -0.3 is 16.2 Å². The highest BCUT2D eigenvalue weighted by Gasteiger charge is 2.48. The molecule has 4 N–H and O–H groups in total. The number of aromatic carboxylic acids is 1. The molecule has 0 bridgehead atoms. The van der Waals surface area contributed by atoms with Crippen LogP contribution in [0, 0.1) is 11.2 Å². The number of nitrogens with two attached hydrogens (primary N) is 1. The third-order valence-corrected chi connectivity index (χ3v) is 3.18. The summed E-state index contributed by atoms with van der Waals surface area (Å²) in [6, 6.07) is 3.44. The summed E-state index contributed by atoms with van der Waals surface area (Å²) in [6.45, 7) is 0.256. The number of hydrogen-bond donors (Lipinski definition) is 3. The van der Waals surface area contributed by atoms with Crippen LogP contribution in [0.3, 0.4) is 0 Å². The summed E-state index contributed by atoms with van der Waals surface area (Å²) in [5.41, 5.74) is 4.78. The zero-order chi connectivity index (χ0) is 13.3. The number of carbonyl (C=O) groups excluding carboxylic acids is 1. The van der Waals surface area contributed by atoms with Crippen LogP contribution in [0.4, 0.5) is 10.1 Å². The molecular weight excluding hydrogens is 239 g/mol. The first-order valence-corrected chi connectivity index (χ1v) is 5.53. The van der Waals surface area contributed by atoms with Crippen LogP contribution in [0.25, 0.3) is 0 Å². The largest absolute Gasteiger partial charge is 0.478 e. The molecule has 1 aromatic rings. The monoisotopic (exact) mass is 252 g/mol. The Labute approximate surface area is 103 Å². The van der Waals surface area contributed by atoms with E-state index in [1.165, 1.54) is 6.07 Å². The van der Waals surface area contributed by atoms with E-state index in [4.69, 9.17) is 10.8 Å². The molecule has 0 aliphatic heterocycles. The van der Waals surface area contributed by atoms with Gasteiger partial charge in [0, 0.05) is 12.2 Å². The van der Waals surface area contributed by atoms with Crippen molar-refractivity contribution in [2.45, 2.75) is 12.8 Å². The van der Waals surface area contributed by atoms with Gasteiger partial charge in [0.25, 0.3) is 0 Å². The standard InChI is InChI=1S/C12H13FN2O3/c13-9-2-1-7(5-8(9)10(16)17)15-11(18)12(6-14)3-4-12/h1-2,5H,3-4,6,14H2,(H,15,18)(H,16,17). The molecule has 1 aromatic carbocycles. The van der Waals surface area contributed by atoms with E-state index in [-0.39, 0.29) is 18.1 Å². The molecule has 1 aliphatic carbocycles. The van der Waals surface area contributed by atoms with Crippen LogP contribution >= 0.6 is 0 Å². The molecule has 2 rings (SSSR count). The zero-order valence-electron chi connectivity index (χ0n) is 9.57. The van der Waals surface area contributed by atoms with E-state index in [2.05, 4.69) is 5.32 Å². The Morgan fingerprint density at radius 3 is 2.61 bits per heavy atom. The van der Waals surface area contributed by atoms with Crippen molar-refractivity contribution in [3.8, 4) is 0 Å². The molecule has 1 saturated carbocycles. The quantitative estimate of drug-likeness (QED) is 0.750. The second-order valence-corrected chi connectivity index (χ2v) is 4.44. The number of amides is 1. The molecule has 1 amide bonds. The van der Waals surface area contributed by atoms with Crippen LogP contribution in [0.5, 0.6) is 0 Å². The maximum Gasteiger partial charge on any atom is 0.338 e. The Hall–Kier alpha value is -1.95. The van der Waals surface area contributed by atoms with E-state index >= 15 is 0 Å². The summed E-state index contributed by atoms with van der Waals surface area (Å²) in [4.78, 5) is 22.6. The van der Waals surface area contributed by atoms with Gasteiger partial charge in [-0.15, -0.1) is 0 Å². The fourth-order valence-electron chi connectivity index (χ4n) is 1.71. The molecule has 0 aromatic heterocycles. The highest BCUT2D eigenvalue weighted by Crippen LogP contribution is 2.45. The lowest BCUT2D eigenvalue weighted by Crippen LogP contribution is -2.30. The number of carbonyl (C=O) groups is 2. The van der Waals surface area contributed by atoms with Gasteiger partial charge in [-0.25, -0.2) is 9.18 Å². The van der Waals surface area contributed by atoms with E-state index < -0.39 is 22.8 Å². The third kappa shape index (κ3) is 2.19. The SMILES string of the molecule is NCC1(C(=O)Nc2ccc(F)c(C(=O)O)c2)CC1. The highest BCUT2D eigenvalue weighted by molar-refractivity contribution is 5.98. The molecule has 5 nitrogen and oxygen atoms in total. The van der Waals surface area contributed by atoms with Crippen LogP contribution in [-0.2, 0) is 4.79 Å². The number of hydrogen-bond acceptors (Lipinski definition) is 3. The first-order valence-electron chi connectivity index (χ1n) is 5.53. The Kier molecular flexibility index (Phi) is 3.04. The van der Waals surface area contributed by atoms with Gasteiger partial charge in [0.15, 0.2) is 0 Å². The molecule has 0 atom stereocenters. The maximum absolute atomic E-state index is 13.2. The average molecular weight is 252 g/mol. The number of nitrogens with one attached hydrogen (secondary N) is 1. The van der Waals surface area contributed by atoms with Gasteiger partial charge in [-0.3, -0.25) is 4.79 Å². The minimum atomic E-state index is -1.37. The normalized spacial score (nSPS) is 16.1. The first kappa shape index (κ1) is 12.5. The fourth-order valence-corrected chi connectivity index (χ4v) is 1.71. The Morgan fingerprint density at radius 2 is 2.11 bits per heavy atom. The summed E-state index contributed by atoms with van der Waals surface area (Å²) >= 11 is 0. The fraction of sp³-hybridized carbons (Fsp3) is 0.333. The second-order valence-electron chi connectivity index (χ2n) is 4.44. The summed E-state index contributed by atoms with van der Waals surface area (Å²) in [7, 11) is 0. The first-order chi connectivity index (χ1) is 8.48. The lowest BCUT2D eigenvalue weighted by atomic mass is 10.1. The average Bonchev–Trinajstić information content (AvgIpc) is 3.12. The van der Waals surface area contributed by atoms with Crippen molar-refractivity contribution >= 4 is 17.6 Å². The molecule has 0 radical (unpaired) electrons. The lowest BCUT2D eigenvalue weighted by molar-refractivity contribution is -0.120. The van der Waals surface area contributed by atoms with Crippen molar-refractivity contribution < 1.29 is 19.1 Å². The molecule has 6 heteroatoms. The van der Waals surface area contributed by atoms with Crippen molar-refractivity contribution in [1.29, 1.82) is 0 Å². The van der Waals surface area contributed by atoms with Gasteiger partial charge in [-0.1, -0.05) is 0 Å². The molecule has 18 heavy (non-hydrogen) atoms. The van der Waals surface area contributed by atoms with Crippen molar-refractivity contribution in [3.05, 3.63) is 29.6 Å². The minimum absolute atomic E-state index is 0.243. The molecule has 1 aliphatic rings. The number of halogens is 1. The number of carboxylic acids is 1. The smallest absolute Gasteiger partial charge is 0.338 e. The summed E-state index contributed by atoms with van der Waals surface area (Å²) in [6.07, 6.45) is 1.45. The molecular formula is C12H13FN2O3. The Morgan fingerprint density at radius 1 is 1.44 bits per heavy atom. The van der Waals surface area contributed by atoms with Gasteiger partial charge >= 0.3 is 5.97 Å². The molecule has 0 unspecified atom stereocenters. The summed E-state index contributed by atoms with van der Waals surface area (Å²) in [5.74, 6) is -2.45. The molecule has 0 spiro atoms. The predicted octanol–water partition coefficient (Wildman–Crippen LogP) is 1.20. The second kappa shape index (κ2) is 4.38. The van der Waals surface area contributed by atoms with Crippen molar-refractivity contribution in [2.24, 2.45) is 11.1 Å². The summed E-state index contributed by atoms with van der Waals surface area (Å²) < 4.78 is 13.2. The van der Waals surface area contributed by atoms with E-state index in [9.17, 15) is 14.0 Å². The minimum Gasteiger partial charge on any atom is -0.478 e. The Balaban J connectivity index is 2.17. The molecule has 1 fully saturated rings. The maximum atomic E-state index is 13.2. The van der Waals surface area contributed by atoms with Crippen molar-refractivity contribution in [1.82, 2.24) is 0 Å². The van der Waals surface area contributed by atoms with Crippen LogP contribution in [-0.4, -0.2) is 23.5 Å². The summed E-state index contributed by atoms with van der Waals surface area (Å²) in [5, 5.41) is 11.3.